The summed E-state index contributed by atoms with van der Waals surface area (Å²) >= 11 is 0. The van der Waals surface area contributed by atoms with Crippen LogP contribution < -0.4 is 0 Å². The van der Waals surface area contributed by atoms with Gasteiger partial charge in [-0.3, -0.25) is 9.63 Å². The van der Waals surface area contributed by atoms with Crippen molar-refractivity contribution in [2.45, 2.75) is 123 Å². The van der Waals surface area contributed by atoms with Crippen LogP contribution in [-0.2, 0) is 14.4 Å². The van der Waals surface area contributed by atoms with Gasteiger partial charge in [-0.1, -0.05) is 46.0 Å². The van der Waals surface area contributed by atoms with Crippen LogP contribution in [0.2, 0.25) is 0 Å². The molecule has 1 rings (SSSR count). The predicted molar refractivity (Wildman–Crippen MR) is 103 cm³/mol. The van der Waals surface area contributed by atoms with Crippen molar-refractivity contribution in [3.63, 3.8) is 0 Å². The first-order valence-corrected chi connectivity index (χ1v) is 10.4. The van der Waals surface area contributed by atoms with E-state index in [1.54, 1.807) is 0 Å². The largest absolute Gasteiger partial charge is 0.462 e. The van der Waals surface area contributed by atoms with Crippen LogP contribution in [0.5, 0.6) is 0 Å². The van der Waals surface area contributed by atoms with Crippen molar-refractivity contribution in [2.24, 2.45) is 0 Å². The number of esters is 1. The van der Waals surface area contributed by atoms with E-state index in [-0.39, 0.29) is 23.2 Å². The molecule has 0 amide bonds. The van der Waals surface area contributed by atoms with Crippen LogP contribution >= 0.6 is 0 Å². The minimum atomic E-state index is -0.138. The van der Waals surface area contributed by atoms with Crippen molar-refractivity contribution in [2.75, 3.05) is 6.61 Å². The smallest absolute Gasteiger partial charge is 0.306 e. The fourth-order valence-corrected chi connectivity index (χ4v) is 4.09. The van der Waals surface area contributed by atoms with E-state index in [1.165, 1.54) is 32.1 Å². The van der Waals surface area contributed by atoms with Gasteiger partial charge in [-0.2, -0.15) is 5.06 Å². The second-order valence-electron chi connectivity index (χ2n) is 8.79. The number of carbonyl (C=O) groups excluding carboxylic acids is 1. The second kappa shape index (κ2) is 10.5. The van der Waals surface area contributed by atoms with Gasteiger partial charge in [-0.25, -0.2) is 0 Å². The van der Waals surface area contributed by atoms with E-state index in [9.17, 15) is 4.79 Å². The normalized spacial score (nSPS) is 20.6. The molecular formula is C21H41NO3. The van der Waals surface area contributed by atoms with Gasteiger partial charge in [0.1, 0.15) is 6.10 Å². The van der Waals surface area contributed by atoms with Crippen molar-refractivity contribution < 1.29 is 14.4 Å². The summed E-state index contributed by atoms with van der Waals surface area (Å²) in [6, 6.07) is 0. The number of unbranched alkanes of at least 4 members (excludes halogenated alkanes) is 5. The molecule has 0 unspecified atom stereocenters. The summed E-state index contributed by atoms with van der Waals surface area (Å²) in [7, 11) is 0. The molecular weight excluding hydrogens is 314 g/mol. The molecule has 0 aromatic rings. The lowest BCUT2D eigenvalue weighted by atomic mass is 9.80. The summed E-state index contributed by atoms with van der Waals surface area (Å²) < 4.78 is 5.71. The molecule has 4 nitrogen and oxygen atoms in total. The van der Waals surface area contributed by atoms with E-state index in [4.69, 9.17) is 9.57 Å². The van der Waals surface area contributed by atoms with Gasteiger partial charge in [0.05, 0.1) is 6.61 Å². The first-order chi connectivity index (χ1) is 11.7. The molecule has 0 atom stereocenters. The molecule has 1 fully saturated rings. The van der Waals surface area contributed by atoms with Crippen molar-refractivity contribution in [1.82, 2.24) is 5.06 Å². The molecule has 4 heteroatoms. The molecule has 1 aliphatic rings. The van der Waals surface area contributed by atoms with E-state index in [2.05, 4.69) is 39.7 Å². The zero-order valence-electron chi connectivity index (χ0n) is 17.5. The molecule has 0 radical (unpaired) electrons. The highest BCUT2D eigenvalue weighted by Gasteiger charge is 2.47. The van der Waals surface area contributed by atoms with Gasteiger partial charge in [0.25, 0.3) is 0 Å². The van der Waals surface area contributed by atoms with Crippen LogP contribution in [0.4, 0.5) is 0 Å². The van der Waals surface area contributed by atoms with Crippen LogP contribution in [0.25, 0.3) is 0 Å². The Kier molecular flexibility index (Phi) is 9.44. The molecule has 0 aromatic carbocycles. The first-order valence-electron chi connectivity index (χ1n) is 10.4. The van der Waals surface area contributed by atoms with Gasteiger partial charge in [-0.05, 0) is 40.5 Å². The molecule has 0 saturated carbocycles. The van der Waals surface area contributed by atoms with E-state index in [1.807, 2.05) is 6.92 Å². The number of nitrogens with zero attached hydrogens (tertiary/aromatic N) is 1. The maximum Gasteiger partial charge on any atom is 0.306 e. The molecule has 25 heavy (non-hydrogen) atoms. The topological polar surface area (TPSA) is 38.8 Å². The SMILES string of the molecule is CCCCCCCCON1C(C)(C)CC(OC(=O)CCC)CC1(C)C. The standard InChI is InChI=1S/C21H41NO3/c1-7-9-10-11-12-13-15-24-22-20(3,4)16-18(17-21(22,5)6)25-19(23)14-8-2/h18H,7-17H2,1-6H3. The zero-order chi connectivity index (χ0) is 18.9. The van der Waals surface area contributed by atoms with Crippen molar-refractivity contribution >= 4 is 5.97 Å². The maximum absolute atomic E-state index is 11.9. The average Bonchev–Trinajstić information content (AvgIpc) is 2.47. The summed E-state index contributed by atoms with van der Waals surface area (Å²) in [6.45, 7) is 13.8. The Bertz CT molecular complexity index is 375. The van der Waals surface area contributed by atoms with Crippen LogP contribution in [0, 0.1) is 0 Å². The Balaban J connectivity index is 2.48. The molecule has 0 N–H and O–H groups in total. The monoisotopic (exact) mass is 355 g/mol. The minimum absolute atomic E-state index is 0.0158. The lowest BCUT2D eigenvalue weighted by Crippen LogP contribution is -2.62. The van der Waals surface area contributed by atoms with Gasteiger partial charge in [0, 0.05) is 30.3 Å². The Hall–Kier alpha value is -0.610. The molecule has 0 aliphatic carbocycles. The first kappa shape index (κ1) is 22.4. The molecule has 0 bridgehead atoms. The summed E-state index contributed by atoms with van der Waals surface area (Å²) in [6.07, 6.45) is 10.6. The molecule has 148 valence electrons. The molecule has 0 spiro atoms. The Morgan fingerprint density at radius 2 is 1.48 bits per heavy atom. The molecule has 1 saturated heterocycles. The van der Waals surface area contributed by atoms with E-state index in [0.717, 1.165) is 32.3 Å². The second-order valence-corrected chi connectivity index (χ2v) is 8.79. The van der Waals surface area contributed by atoms with Crippen molar-refractivity contribution in [3.05, 3.63) is 0 Å². The highest BCUT2D eigenvalue weighted by molar-refractivity contribution is 5.69. The van der Waals surface area contributed by atoms with Gasteiger partial charge in [0.15, 0.2) is 0 Å². The minimum Gasteiger partial charge on any atom is -0.462 e. The summed E-state index contributed by atoms with van der Waals surface area (Å²) in [5.74, 6) is -0.0689. The Labute approximate surface area is 155 Å². The van der Waals surface area contributed by atoms with E-state index in [0.29, 0.717) is 6.42 Å². The maximum atomic E-state index is 11.9. The van der Waals surface area contributed by atoms with Gasteiger partial charge >= 0.3 is 5.97 Å². The number of carbonyl (C=O) groups is 1. The fourth-order valence-electron chi connectivity index (χ4n) is 4.09. The van der Waals surface area contributed by atoms with Gasteiger partial charge in [0.2, 0.25) is 0 Å². The van der Waals surface area contributed by atoms with Crippen molar-refractivity contribution in [1.29, 1.82) is 0 Å². The third-order valence-corrected chi connectivity index (χ3v) is 5.02. The fraction of sp³-hybridized carbons (Fsp3) is 0.952. The van der Waals surface area contributed by atoms with E-state index < -0.39 is 0 Å². The third-order valence-electron chi connectivity index (χ3n) is 5.02. The number of hydrogen-bond donors (Lipinski definition) is 0. The summed E-state index contributed by atoms with van der Waals surface area (Å²) in [5.41, 5.74) is -0.276. The summed E-state index contributed by atoms with van der Waals surface area (Å²) in [5, 5.41) is 2.16. The van der Waals surface area contributed by atoms with E-state index >= 15 is 0 Å². The number of hydroxylamine groups is 2. The van der Waals surface area contributed by atoms with Crippen LogP contribution in [-0.4, -0.2) is 34.8 Å². The zero-order valence-corrected chi connectivity index (χ0v) is 17.5. The van der Waals surface area contributed by atoms with Crippen LogP contribution in [0.15, 0.2) is 0 Å². The van der Waals surface area contributed by atoms with Gasteiger partial charge < -0.3 is 4.74 Å². The Morgan fingerprint density at radius 3 is 2.04 bits per heavy atom. The lowest BCUT2D eigenvalue weighted by molar-refractivity contribution is -0.293. The van der Waals surface area contributed by atoms with Gasteiger partial charge in [-0.15, -0.1) is 0 Å². The highest BCUT2D eigenvalue weighted by atomic mass is 16.7. The molecule has 0 aromatic heterocycles. The number of rotatable bonds is 11. The quantitative estimate of drug-likeness (QED) is 0.355. The average molecular weight is 356 g/mol. The highest BCUT2D eigenvalue weighted by Crippen LogP contribution is 2.40. The number of hydrogen-bond acceptors (Lipinski definition) is 4. The predicted octanol–water partition coefficient (Wildman–Crippen LogP) is 5.64. The molecule has 1 aliphatic heterocycles. The Morgan fingerprint density at radius 1 is 0.920 bits per heavy atom. The van der Waals surface area contributed by atoms with Crippen LogP contribution in [0.3, 0.4) is 0 Å². The van der Waals surface area contributed by atoms with Crippen LogP contribution in [0.1, 0.15) is 106 Å². The van der Waals surface area contributed by atoms with Crippen molar-refractivity contribution in [3.8, 4) is 0 Å². The molecule has 1 heterocycles. The number of ether oxygens (including phenoxy) is 1. The number of piperidine rings is 1. The summed E-state index contributed by atoms with van der Waals surface area (Å²) in [4.78, 5) is 18.1. The lowest BCUT2D eigenvalue weighted by Gasteiger charge is -2.53. The third kappa shape index (κ3) is 7.65.